The van der Waals surface area contributed by atoms with Crippen LogP contribution in [0.5, 0.6) is 5.75 Å². The van der Waals surface area contributed by atoms with Gasteiger partial charge in [-0.25, -0.2) is 4.79 Å². The second kappa shape index (κ2) is 7.79. The number of carbonyl (C=O) groups excluding carboxylic acids is 1. The molecule has 0 bridgehead atoms. The van der Waals surface area contributed by atoms with E-state index in [1.807, 2.05) is 24.3 Å². The quantitative estimate of drug-likeness (QED) is 0.770. The van der Waals surface area contributed by atoms with Crippen LogP contribution in [-0.2, 0) is 16.1 Å². The van der Waals surface area contributed by atoms with E-state index in [0.29, 0.717) is 18.4 Å². The fourth-order valence-electron chi connectivity index (χ4n) is 1.56. The zero-order valence-electron chi connectivity index (χ0n) is 12.1. The van der Waals surface area contributed by atoms with E-state index in [1.165, 1.54) is 0 Å². The van der Waals surface area contributed by atoms with E-state index in [9.17, 15) is 4.79 Å². The summed E-state index contributed by atoms with van der Waals surface area (Å²) in [4.78, 5) is 11.5. The second-order valence-electron chi connectivity index (χ2n) is 4.70. The summed E-state index contributed by atoms with van der Waals surface area (Å²) in [5.41, 5.74) is 1.13. The molecule has 4 heteroatoms. The lowest BCUT2D eigenvalue weighted by atomic mass is 10.2. The Kier molecular flexibility index (Phi) is 6.36. The first-order chi connectivity index (χ1) is 9.02. The summed E-state index contributed by atoms with van der Waals surface area (Å²) in [6.07, 6.45) is -0.590. The molecule has 0 aliphatic heterocycles. The molecular weight excluding hydrogens is 242 g/mol. The van der Waals surface area contributed by atoms with E-state index in [2.05, 4.69) is 19.2 Å². The van der Waals surface area contributed by atoms with E-state index < -0.39 is 6.10 Å². The Hall–Kier alpha value is -1.55. The minimum atomic E-state index is -0.590. The molecule has 0 amide bonds. The Morgan fingerprint density at radius 1 is 1.32 bits per heavy atom. The molecule has 19 heavy (non-hydrogen) atoms. The van der Waals surface area contributed by atoms with Crippen molar-refractivity contribution in [3.63, 3.8) is 0 Å². The fourth-order valence-corrected chi connectivity index (χ4v) is 1.56. The third-order valence-corrected chi connectivity index (χ3v) is 2.54. The number of ether oxygens (including phenoxy) is 2. The Morgan fingerprint density at radius 2 is 2.05 bits per heavy atom. The van der Waals surface area contributed by atoms with Crippen LogP contribution in [0.15, 0.2) is 24.3 Å². The van der Waals surface area contributed by atoms with Gasteiger partial charge in [0.2, 0.25) is 0 Å². The maximum absolute atomic E-state index is 11.5. The molecule has 0 radical (unpaired) electrons. The molecule has 0 aliphatic rings. The van der Waals surface area contributed by atoms with E-state index in [4.69, 9.17) is 9.47 Å². The van der Waals surface area contributed by atoms with E-state index in [0.717, 1.165) is 12.1 Å². The molecule has 0 saturated heterocycles. The molecule has 1 unspecified atom stereocenters. The van der Waals surface area contributed by atoms with Gasteiger partial charge in [-0.15, -0.1) is 0 Å². The summed E-state index contributed by atoms with van der Waals surface area (Å²) in [6, 6.07) is 8.16. The Bertz CT molecular complexity index is 404. The maximum Gasteiger partial charge on any atom is 0.347 e. The van der Waals surface area contributed by atoms with Crippen molar-refractivity contribution in [2.45, 2.75) is 46.4 Å². The molecule has 0 fully saturated rings. The number of benzene rings is 1. The summed E-state index contributed by atoms with van der Waals surface area (Å²) in [5.74, 6) is 0.344. The van der Waals surface area contributed by atoms with Crippen molar-refractivity contribution >= 4 is 5.97 Å². The van der Waals surface area contributed by atoms with Crippen molar-refractivity contribution in [3.8, 4) is 5.75 Å². The number of rotatable bonds is 7. The lowest BCUT2D eigenvalue weighted by Crippen LogP contribution is -2.26. The van der Waals surface area contributed by atoms with Crippen LogP contribution < -0.4 is 10.1 Å². The first-order valence-corrected chi connectivity index (χ1v) is 6.68. The molecule has 0 spiro atoms. The van der Waals surface area contributed by atoms with E-state index >= 15 is 0 Å². The van der Waals surface area contributed by atoms with Crippen LogP contribution in [0.25, 0.3) is 0 Å². The number of nitrogens with one attached hydrogen (secondary N) is 1. The second-order valence-corrected chi connectivity index (χ2v) is 4.70. The predicted molar refractivity (Wildman–Crippen MR) is 75.1 cm³/mol. The topological polar surface area (TPSA) is 47.6 Å². The van der Waals surface area contributed by atoms with Crippen molar-refractivity contribution in [2.24, 2.45) is 0 Å². The largest absolute Gasteiger partial charge is 0.479 e. The van der Waals surface area contributed by atoms with Crippen molar-refractivity contribution in [2.75, 3.05) is 6.61 Å². The molecule has 0 saturated carbocycles. The van der Waals surface area contributed by atoms with Gasteiger partial charge in [-0.3, -0.25) is 0 Å². The van der Waals surface area contributed by atoms with Crippen LogP contribution >= 0.6 is 0 Å². The van der Waals surface area contributed by atoms with Crippen molar-refractivity contribution in [1.29, 1.82) is 0 Å². The van der Waals surface area contributed by atoms with Gasteiger partial charge in [0.25, 0.3) is 0 Å². The summed E-state index contributed by atoms with van der Waals surface area (Å²) >= 11 is 0. The van der Waals surface area contributed by atoms with Gasteiger partial charge in [0.05, 0.1) is 6.61 Å². The fraction of sp³-hybridized carbons (Fsp3) is 0.533. The maximum atomic E-state index is 11.5. The van der Waals surface area contributed by atoms with Gasteiger partial charge < -0.3 is 14.8 Å². The number of hydrogen-bond donors (Lipinski definition) is 1. The van der Waals surface area contributed by atoms with Gasteiger partial charge in [0.1, 0.15) is 5.75 Å². The molecule has 0 aromatic heterocycles. The normalized spacial score (nSPS) is 12.3. The summed E-state index contributed by atoms with van der Waals surface area (Å²) < 4.78 is 10.5. The number of carbonyl (C=O) groups is 1. The predicted octanol–water partition coefficient (Wildman–Crippen LogP) is 2.52. The highest BCUT2D eigenvalue weighted by Gasteiger charge is 2.15. The van der Waals surface area contributed by atoms with Crippen molar-refractivity contribution in [3.05, 3.63) is 29.8 Å². The van der Waals surface area contributed by atoms with Gasteiger partial charge in [-0.2, -0.15) is 0 Å². The molecule has 106 valence electrons. The van der Waals surface area contributed by atoms with Crippen LogP contribution in [0.1, 0.15) is 33.3 Å². The van der Waals surface area contributed by atoms with Crippen LogP contribution in [0.4, 0.5) is 0 Å². The summed E-state index contributed by atoms with van der Waals surface area (Å²) in [7, 11) is 0. The van der Waals surface area contributed by atoms with Gasteiger partial charge in [-0.05, 0) is 31.5 Å². The minimum Gasteiger partial charge on any atom is -0.479 e. The van der Waals surface area contributed by atoms with Crippen LogP contribution in [0.2, 0.25) is 0 Å². The number of esters is 1. The molecule has 1 aromatic carbocycles. The first kappa shape index (κ1) is 15.5. The molecule has 1 aromatic rings. The van der Waals surface area contributed by atoms with Crippen LogP contribution in [0, 0.1) is 0 Å². The first-order valence-electron chi connectivity index (χ1n) is 6.68. The van der Waals surface area contributed by atoms with Crippen molar-refractivity contribution in [1.82, 2.24) is 5.32 Å². The van der Waals surface area contributed by atoms with Gasteiger partial charge in [0, 0.05) is 12.6 Å². The third-order valence-electron chi connectivity index (χ3n) is 2.54. The molecule has 1 atom stereocenters. The molecule has 1 N–H and O–H groups in total. The van der Waals surface area contributed by atoms with Gasteiger partial charge >= 0.3 is 5.97 Å². The SMILES string of the molecule is CCOC(=O)C(C)Oc1cccc(CNC(C)C)c1. The molecule has 1 rings (SSSR count). The summed E-state index contributed by atoms with van der Waals surface area (Å²) in [6.45, 7) is 8.82. The third kappa shape index (κ3) is 5.75. The average molecular weight is 265 g/mol. The van der Waals surface area contributed by atoms with Gasteiger partial charge in [0.15, 0.2) is 6.10 Å². The van der Waals surface area contributed by atoms with Crippen molar-refractivity contribution < 1.29 is 14.3 Å². The molecule has 0 aliphatic carbocycles. The lowest BCUT2D eigenvalue weighted by Gasteiger charge is -2.14. The Balaban J connectivity index is 2.58. The molecule has 4 nitrogen and oxygen atoms in total. The zero-order valence-corrected chi connectivity index (χ0v) is 12.1. The zero-order chi connectivity index (χ0) is 14.3. The highest BCUT2D eigenvalue weighted by atomic mass is 16.6. The standard InChI is InChI=1S/C15H23NO3/c1-5-18-15(17)12(4)19-14-8-6-7-13(9-14)10-16-11(2)3/h6-9,11-12,16H,5,10H2,1-4H3. The smallest absolute Gasteiger partial charge is 0.347 e. The highest BCUT2D eigenvalue weighted by molar-refractivity contribution is 5.74. The monoisotopic (exact) mass is 265 g/mol. The number of hydrogen-bond acceptors (Lipinski definition) is 4. The van der Waals surface area contributed by atoms with Crippen LogP contribution in [0.3, 0.4) is 0 Å². The van der Waals surface area contributed by atoms with Crippen LogP contribution in [-0.4, -0.2) is 24.7 Å². The summed E-state index contributed by atoms with van der Waals surface area (Å²) in [5, 5.41) is 3.34. The Labute approximate surface area is 115 Å². The van der Waals surface area contributed by atoms with E-state index in [1.54, 1.807) is 13.8 Å². The minimum absolute atomic E-state index is 0.340. The average Bonchev–Trinajstić information content (AvgIpc) is 2.37. The van der Waals surface area contributed by atoms with Gasteiger partial charge in [-0.1, -0.05) is 26.0 Å². The van der Waals surface area contributed by atoms with E-state index in [-0.39, 0.29) is 5.97 Å². The Morgan fingerprint density at radius 3 is 2.68 bits per heavy atom. The lowest BCUT2D eigenvalue weighted by molar-refractivity contribution is -0.150. The molecule has 0 heterocycles. The highest BCUT2D eigenvalue weighted by Crippen LogP contribution is 2.15. The molecular formula is C15H23NO3.